The van der Waals surface area contributed by atoms with Crippen molar-refractivity contribution in [2.45, 2.75) is 0 Å². The minimum atomic E-state index is 0.632. The summed E-state index contributed by atoms with van der Waals surface area (Å²) in [6.07, 6.45) is 0. The van der Waals surface area contributed by atoms with Gasteiger partial charge in [0.15, 0.2) is 5.69 Å². The Bertz CT molecular complexity index is 2280. The van der Waals surface area contributed by atoms with Crippen LogP contribution in [0.4, 0.5) is 5.69 Å². The molecular formula is C37H23N3. The molecule has 0 aliphatic carbocycles. The molecule has 6 aromatic carbocycles. The summed E-state index contributed by atoms with van der Waals surface area (Å²) >= 11 is 0. The molecule has 0 saturated carbocycles. The lowest BCUT2D eigenvalue weighted by Gasteiger charge is -2.15. The van der Waals surface area contributed by atoms with E-state index in [9.17, 15) is 0 Å². The zero-order valence-corrected chi connectivity index (χ0v) is 21.6. The van der Waals surface area contributed by atoms with Crippen LogP contribution in [0.25, 0.3) is 71.0 Å². The van der Waals surface area contributed by atoms with Gasteiger partial charge in [-0.05, 0) is 36.4 Å². The summed E-state index contributed by atoms with van der Waals surface area (Å²) in [5, 5.41) is 4.86. The standard InChI is InChI=1S/C37H23N3/c1-38-25-12-9-15-27(24-25)40-35-23-8-6-17-29(35)31-19-11-21-33(37(31)40)32-20-10-18-30-28-16-5-7-22-34(28)39(36(30)32)26-13-3-2-4-14-26/h2-24H. The zero-order valence-electron chi connectivity index (χ0n) is 21.6. The van der Waals surface area contributed by atoms with Gasteiger partial charge in [-0.1, -0.05) is 103 Å². The maximum atomic E-state index is 7.63. The van der Waals surface area contributed by atoms with Crippen molar-refractivity contribution in [2.75, 3.05) is 0 Å². The summed E-state index contributed by atoms with van der Waals surface area (Å²) in [5.74, 6) is 0. The Kier molecular flexibility index (Phi) is 4.89. The lowest BCUT2D eigenvalue weighted by atomic mass is 9.99. The SMILES string of the molecule is [C-]#[N+]c1cccc(-n2c3ccccc3c3cccc(-c4cccc5c6ccccc6n(-c6ccccc6)c45)c32)c1. The van der Waals surface area contributed by atoms with E-state index in [2.05, 4.69) is 135 Å². The van der Waals surface area contributed by atoms with Crippen molar-refractivity contribution in [3.63, 3.8) is 0 Å². The lowest BCUT2D eigenvalue weighted by Crippen LogP contribution is -1.98. The summed E-state index contributed by atoms with van der Waals surface area (Å²) in [6, 6.07) is 49.0. The first-order valence-corrected chi connectivity index (χ1v) is 13.4. The van der Waals surface area contributed by atoms with Crippen LogP contribution >= 0.6 is 0 Å². The van der Waals surface area contributed by atoms with E-state index in [1.165, 1.54) is 38.1 Å². The molecule has 2 heterocycles. The number of fused-ring (bicyclic) bond motifs is 6. The third-order valence-corrected chi connectivity index (χ3v) is 7.91. The molecule has 0 N–H and O–H groups in total. The molecule has 0 aliphatic rings. The number of hydrogen-bond acceptors (Lipinski definition) is 0. The smallest absolute Gasteiger partial charge is 0.189 e. The zero-order chi connectivity index (χ0) is 26.6. The van der Waals surface area contributed by atoms with Crippen LogP contribution in [-0.2, 0) is 0 Å². The highest BCUT2D eigenvalue weighted by atomic mass is 15.0. The molecule has 0 bridgehead atoms. The van der Waals surface area contributed by atoms with Crippen LogP contribution in [0.3, 0.4) is 0 Å². The van der Waals surface area contributed by atoms with Gasteiger partial charge in [-0.25, -0.2) is 4.85 Å². The fourth-order valence-corrected chi connectivity index (χ4v) is 6.29. The number of rotatable bonds is 3. The molecule has 0 fully saturated rings. The first-order valence-electron chi connectivity index (χ1n) is 13.4. The minimum absolute atomic E-state index is 0.632. The van der Waals surface area contributed by atoms with Crippen LogP contribution in [0.1, 0.15) is 0 Å². The molecule has 2 aromatic heterocycles. The van der Waals surface area contributed by atoms with E-state index in [1.807, 2.05) is 18.2 Å². The van der Waals surface area contributed by atoms with Crippen molar-refractivity contribution < 1.29 is 0 Å². The molecule has 8 aromatic rings. The lowest BCUT2D eigenvalue weighted by molar-refractivity contribution is 1.17. The van der Waals surface area contributed by atoms with E-state index >= 15 is 0 Å². The van der Waals surface area contributed by atoms with Crippen molar-refractivity contribution in [3.8, 4) is 22.5 Å². The second kappa shape index (κ2) is 8.73. The molecule has 0 aliphatic heterocycles. The van der Waals surface area contributed by atoms with Crippen molar-refractivity contribution in [2.24, 2.45) is 0 Å². The van der Waals surface area contributed by atoms with Gasteiger partial charge in [-0.2, -0.15) is 0 Å². The van der Waals surface area contributed by atoms with E-state index in [0.717, 1.165) is 28.0 Å². The summed E-state index contributed by atoms with van der Waals surface area (Å²) in [6.45, 7) is 7.63. The monoisotopic (exact) mass is 509 g/mol. The highest BCUT2D eigenvalue weighted by Gasteiger charge is 2.21. The van der Waals surface area contributed by atoms with Crippen molar-refractivity contribution in [1.82, 2.24) is 9.13 Å². The van der Waals surface area contributed by atoms with E-state index in [1.54, 1.807) is 0 Å². The quantitative estimate of drug-likeness (QED) is 0.210. The van der Waals surface area contributed by atoms with Crippen LogP contribution in [0.5, 0.6) is 0 Å². The van der Waals surface area contributed by atoms with Gasteiger partial charge in [0.25, 0.3) is 0 Å². The fourth-order valence-electron chi connectivity index (χ4n) is 6.29. The van der Waals surface area contributed by atoms with Gasteiger partial charge in [0, 0.05) is 44.0 Å². The van der Waals surface area contributed by atoms with Crippen LogP contribution in [0, 0.1) is 6.57 Å². The predicted octanol–water partition coefficient (Wildman–Crippen LogP) is 10.1. The van der Waals surface area contributed by atoms with Crippen LogP contribution in [0.2, 0.25) is 0 Å². The molecule has 0 amide bonds. The molecule has 8 rings (SSSR count). The first-order chi connectivity index (χ1) is 19.8. The maximum absolute atomic E-state index is 7.63. The van der Waals surface area contributed by atoms with E-state index in [0.29, 0.717) is 5.69 Å². The predicted molar refractivity (Wildman–Crippen MR) is 167 cm³/mol. The molecule has 0 radical (unpaired) electrons. The highest BCUT2D eigenvalue weighted by Crippen LogP contribution is 2.43. The second-order valence-corrected chi connectivity index (χ2v) is 10.1. The average Bonchev–Trinajstić information content (AvgIpc) is 3.55. The number of hydrogen-bond donors (Lipinski definition) is 0. The molecule has 40 heavy (non-hydrogen) atoms. The second-order valence-electron chi connectivity index (χ2n) is 10.1. The molecule has 0 unspecified atom stereocenters. The minimum Gasteiger partial charge on any atom is -0.310 e. The molecule has 186 valence electrons. The van der Waals surface area contributed by atoms with E-state index < -0.39 is 0 Å². The molecule has 0 atom stereocenters. The van der Waals surface area contributed by atoms with Crippen molar-refractivity contribution in [1.29, 1.82) is 0 Å². The largest absolute Gasteiger partial charge is 0.310 e. The van der Waals surface area contributed by atoms with Gasteiger partial charge < -0.3 is 9.13 Å². The van der Waals surface area contributed by atoms with E-state index in [4.69, 9.17) is 6.57 Å². The number of para-hydroxylation sites is 5. The van der Waals surface area contributed by atoms with Crippen LogP contribution in [-0.4, -0.2) is 9.13 Å². The maximum Gasteiger partial charge on any atom is 0.189 e. The number of nitrogens with zero attached hydrogens (tertiary/aromatic N) is 3. The van der Waals surface area contributed by atoms with Crippen molar-refractivity contribution >= 4 is 49.3 Å². The number of benzene rings is 6. The van der Waals surface area contributed by atoms with Gasteiger partial charge in [0.05, 0.1) is 28.6 Å². The molecule has 0 saturated heterocycles. The fraction of sp³-hybridized carbons (Fsp3) is 0. The van der Waals surface area contributed by atoms with Crippen molar-refractivity contribution in [3.05, 3.63) is 151 Å². The molecule has 3 heteroatoms. The molecule has 0 spiro atoms. The summed E-state index contributed by atoms with van der Waals surface area (Å²) in [4.78, 5) is 3.73. The van der Waals surface area contributed by atoms with E-state index in [-0.39, 0.29) is 0 Å². The van der Waals surface area contributed by atoms with Crippen LogP contribution in [0.15, 0.2) is 140 Å². The third kappa shape index (κ3) is 3.17. The van der Waals surface area contributed by atoms with Crippen LogP contribution < -0.4 is 0 Å². The van der Waals surface area contributed by atoms with Gasteiger partial charge in [0.1, 0.15) is 0 Å². The average molecular weight is 510 g/mol. The highest BCUT2D eigenvalue weighted by molar-refractivity contribution is 6.19. The van der Waals surface area contributed by atoms with Gasteiger partial charge in [-0.3, -0.25) is 0 Å². The van der Waals surface area contributed by atoms with Gasteiger partial charge in [0.2, 0.25) is 0 Å². The van der Waals surface area contributed by atoms with Gasteiger partial charge in [-0.15, -0.1) is 0 Å². The summed E-state index contributed by atoms with van der Waals surface area (Å²) < 4.78 is 4.72. The molecular weight excluding hydrogens is 486 g/mol. The Morgan fingerprint density at radius 3 is 1.50 bits per heavy atom. The van der Waals surface area contributed by atoms with Gasteiger partial charge >= 0.3 is 0 Å². The molecule has 3 nitrogen and oxygen atoms in total. The Hall–Kier alpha value is -5.59. The Labute approximate surface area is 231 Å². The topological polar surface area (TPSA) is 14.2 Å². The first kappa shape index (κ1) is 22.4. The third-order valence-electron chi connectivity index (χ3n) is 7.91. The summed E-state index contributed by atoms with van der Waals surface area (Å²) in [7, 11) is 0. The Morgan fingerprint density at radius 1 is 0.425 bits per heavy atom. The Morgan fingerprint density at radius 2 is 0.900 bits per heavy atom. The summed E-state index contributed by atoms with van der Waals surface area (Å²) in [5.41, 5.74) is 9.74. The number of aromatic nitrogens is 2. The Balaban J connectivity index is 1.56. The normalized spacial score (nSPS) is 11.5.